The third-order valence-corrected chi connectivity index (χ3v) is 6.88. The van der Waals surface area contributed by atoms with Crippen molar-refractivity contribution in [1.29, 1.82) is 0 Å². The lowest BCUT2D eigenvalue weighted by molar-refractivity contribution is -0.120. The van der Waals surface area contributed by atoms with E-state index >= 15 is 0 Å². The molecule has 1 aliphatic heterocycles. The van der Waals surface area contributed by atoms with Crippen molar-refractivity contribution in [3.05, 3.63) is 87.8 Å². The lowest BCUT2D eigenvalue weighted by Crippen LogP contribution is -2.41. The molecule has 4 aromatic rings. The quantitative estimate of drug-likeness (QED) is 0.474. The smallest absolute Gasteiger partial charge is 0.273 e. The first-order valence-corrected chi connectivity index (χ1v) is 11.8. The van der Waals surface area contributed by atoms with Gasteiger partial charge in [-0.05, 0) is 54.1 Å². The molecule has 1 saturated heterocycles. The van der Waals surface area contributed by atoms with Gasteiger partial charge in [0.05, 0.1) is 12.1 Å². The molecule has 0 aliphatic carbocycles. The third-order valence-electron chi connectivity index (χ3n) is 5.99. The Kier molecular flexibility index (Phi) is 5.92. The molecular weight excluding hydrogens is 439 g/mol. The zero-order chi connectivity index (χ0) is 22.8. The molecule has 0 radical (unpaired) electrons. The van der Waals surface area contributed by atoms with Crippen LogP contribution in [0.5, 0.6) is 0 Å². The van der Waals surface area contributed by atoms with Crippen molar-refractivity contribution in [3.8, 4) is 0 Å². The number of hydrogen-bond donors (Lipinski definition) is 1. The zero-order valence-corrected chi connectivity index (χ0v) is 18.7. The molecule has 5 rings (SSSR count). The van der Waals surface area contributed by atoms with Crippen molar-refractivity contribution in [2.45, 2.75) is 19.4 Å². The molecule has 0 atom stereocenters. The summed E-state index contributed by atoms with van der Waals surface area (Å²) in [5, 5.41) is 4.76. The van der Waals surface area contributed by atoms with Crippen LogP contribution in [0, 0.1) is 11.7 Å². The molecule has 2 aromatic carbocycles. The number of rotatable bonds is 5. The first kappa shape index (κ1) is 21.3. The predicted octanol–water partition coefficient (Wildman–Crippen LogP) is 4.50. The summed E-state index contributed by atoms with van der Waals surface area (Å²) in [5.74, 6) is 0.0970. The highest BCUT2D eigenvalue weighted by atomic mass is 32.1. The Balaban J connectivity index is 1.35. The monoisotopic (exact) mass is 462 g/mol. The van der Waals surface area contributed by atoms with Crippen molar-refractivity contribution in [2.24, 2.45) is 5.92 Å². The van der Waals surface area contributed by atoms with Gasteiger partial charge in [0.15, 0.2) is 0 Å². The normalized spacial score (nSPS) is 14.5. The van der Waals surface area contributed by atoms with Gasteiger partial charge in [0.1, 0.15) is 10.5 Å². The molecule has 3 heterocycles. The largest absolute Gasteiger partial charge is 0.342 e. The number of nitrogens with one attached hydrogen (secondary N) is 1. The summed E-state index contributed by atoms with van der Waals surface area (Å²) >= 11 is 1.41. The number of aromatic nitrogens is 2. The van der Waals surface area contributed by atoms with Crippen molar-refractivity contribution in [1.82, 2.24) is 9.55 Å². The fraction of sp³-hybridized carbons (Fsp3) is 0.240. The molecule has 0 unspecified atom stereocenters. The minimum Gasteiger partial charge on any atom is -0.342 e. The van der Waals surface area contributed by atoms with Crippen molar-refractivity contribution >= 4 is 39.1 Å². The Morgan fingerprint density at radius 1 is 1.06 bits per heavy atom. The molecule has 33 heavy (non-hydrogen) atoms. The van der Waals surface area contributed by atoms with E-state index in [-0.39, 0.29) is 23.2 Å². The van der Waals surface area contributed by atoms with Crippen LogP contribution in [-0.2, 0) is 11.3 Å². The number of fused-ring (bicyclic) bond motifs is 1. The second-order valence-electron chi connectivity index (χ2n) is 8.18. The molecule has 1 fully saturated rings. The van der Waals surface area contributed by atoms with Crippen LogP contribution in [0.4, 0.5) is 16.0 Å². The highest BCUT2D eigenvalue weighted by molar-refractivity contribution is 7.17. The van der Waals surface area contributed by atoms with Crippen molar-refractivity contribution in [2.75, 3.05) is 23.3 Å². The number of benzene rings is 2. The Morgan fingerprint density at radius 3 is 2.52 bits per heavy atom. The standard InChI is InChI=1S/C25H23FN4O2S/c26-19-6-8-20(9-7-19)27-23(31)18-10-13-29(14-11-18)25-28-21-12-15-33-22(21)24(32)30(25)16-17-4-2-1-3-5-17/h1-9,12,15,18H,10-11,13-14,16H2,(H,27,31). The highest BCUT2D eigenvalue weighted by Crippen LogP contribution is 2.26. The lowest BCUT2D eigenvalue weighted by Gasteiger charge is -2.33. The van der Waals surface area contributed by atoms with Gasteiger partial charge in [0.25, 0.3) is 5.56 Å². The Hall–Kier alpha value is -3.52. The summed E-state index contributed by atoms with van der Waals surface area (Å²) in [6.45, 7) is 1.69. The van der Waals surface area contributed by atoms with E-state index in [9.17, 15) is 14.0 Å². The Bertz CT molecular complexity index is 1330. The number of nitrogens with zero attached hydrogens (tertiary/aromatic N) is 3. The van der Waals surface area contributed by atoms with E-state index in [0.717, 1.165) is 5.56 Å². The van der Waals surface area contributed by atoms with E-state index in [1.165, 1.54) is 23.5 Å². The summed E-state index contributed by atoms with van der Waals surface area (Å²) < 4.78 is 15.5. The molecule has 0 saturated carbocycles. The van der Waals surface area contributed by atoms with Gasteiger partial charge in [-0.3, -0.25) is 14.2 Å². The Morgan fingerprint density at radius 2 is 1.79 bits per heavy atom. The van der Waals surface area contributed by atoms with Gasteiger partial charge in [-0.1, -0.05) is 30.3 Å². The number of amides is 1. The number of hydrogen-bond acceptors (Lipinski definition) is 5. The lowest BCUT2D eigenvalue weighted by atomic mass is 9.96. The van der Waals surface area contributed by atoms with Gasteiger partial charge in [-0.25, -0.2) is 9.37 Å². The van der Waals surface area contributed by atoms with E-state index in [0.29, 0.717) is 54.3 Å². The van der Waals surface area contributed by atoms with E-state index in [1.807, 2.05) is 41.8 Å². The first-order valence-electron chi connectivity index (χ1n) is 10.9. The van der Waals surface area contributed by atoms with Gasteiger partial charge in [0, 0.05) is 24.7 Å². The maximum atomic E-state index is 13.3. The SMILES string of the molecule is O=C(Nc1ccc(F)cc1)C1CCN(c2nc3ccsc3c(=O)n2Cc2ccccc2)CC1. The second-order valence-corrected chi connectivity index (χ2v) is 9.10. The van der Waals surface area contributed by atoms with Crippen molar-refractivity contribution < 1.29 is 9.18 Å². The van der Waals surface area contributed by atoms with E-state index < -0.39 is 0 Å². The maximum absolute atomic E-state index is 13.3. The zero-order valence-electron chi connectivity index (χ0n) is 17.9. The molecule has 6 nitrogen and oxygen atoms in total. The maximum Gasteiger partial charge on any atom is 0.273 e. The van der Waals surface area contributed by atoms with Crippen LogP contribution in [-0.4, -0.2) is 28.5 Å². The number of piperidine rings is 1. The number of carbonyl (C=O) groups is 1. The number of carbonyl (C=O) groups excluding carboxylic acids is 1. The van der Waals surface area contributed by atoms with Crippen LogP contribution in [0.3, 0.4) is 0 Å². The fourth-order valence-corrected chi connectivity index (χ4v) is 4.98. The van der Waals surface area contributed by atoms with Crippen LogP contribution in [0.1, 0.15) is 18.4 Å². The molecule has 0 spiro atoms. The van der Waals surface area contributed by atoms with Gasteiger partial charge in [-0.2, -0.15) is 0 Å². The highest BCUT2D eigenvalue weighted by Gasteiger charge is 2.28. The summed E-state index contributed by atoms with van der Waals surface area (Å²) in [5.41, 5.74) is 2.29. The van der Waals surface area contributed by atoms with Crippen LogP contribution in [0.25, 0.3) is 10.2 Å². The van der Waals surface area contributed by atoms with Crippen LogP contribution < -0.4 is 15.8 Å². The summed E-state index contributed by atoms with van der Waals surface area (Å²) in [7, 11) is 0. The van der Waals surface area contributed by atoms with Crippen LogP contribution in [0.15, 0.2) is 70.8 Å². The van der Waals surface area contributed by atoms with Gasteiger partial charge >= 0.3 is 0 Å². The number of halogens is 1. The molecule has 1 aliphatic rings. The predicted molar refractivity (Wildman–Crippen MR) is 129 cm³/mol. The first-order chi connectivity index (χ1) is 16.1. The second kappa shape index (κ2) is 9.15. The molecule has 1 amide bonds. The summed E-state index contributed by atoms with van der Waals surface area (Å²) in [4.78, 5) is 32.9. The van der Waals surface area contributed by atoms with E-state index in [2.05, 4.69) is 10.2 Å². The van der Waals surface area contributed by atoms with Crippen molar-refractivity contribution in [3.63, 3.8) is 0 Å². The average Bonchev–Trinajstić information content (AvgIpc) is 3.32. The number of anilines is 2. The molecule has 0 bridgehead atoms. The fourth-order valence-electron chi connectivity index (χ4n) is 4.20. The van der Waals surface area contributed by atoms with Gasteiger partial charge in [-0.15, -0.1) is 11.3 Å². The topological polar surface area (TPSA) is 67.2 Å². The molecule has 1 N–H and O–H groups in total. The molecule has 168 valence electrons. The summed E-state index contributed by atoms with van der Waals surface area (Å²) in [6, 6.07) is 17.5. The van der Waals surface area contributed by atoms with E-state index in [1.54, 1.807) is 16.7 Å². The van der Waals surface area contributed by atoms with Gasteiger partial charge in [0.2, 0.25) is 11.9 Å². The minimum atomic E-state index is -0.335. The van der Waals surface area contributed by atoms with Crippen LogP contribution in [0.2, 0.25) is 0 Å². The average molecular weight is 463 g/mol. The third kappa shape index (κ3) is 4.52. The number of thiophene rings is 1. The Labute approximate surface area is 194 Å². The van der Waals surface area contributed by atoms with Gasteiger partial charge < -0.3 is 10.2 Å². The van der Waals surface area contributed by atoms with Crippen LogP contribution >= 0.6 is 11.3 Å². The summed E-state index contributed by atoms with van der Waals surface area (Å²) in [6.07, 6.45) is 1.30. The van der Waals surface area contributed by atoms with E-state index in [4.69, 9.17) is 4.98 Å². The molecule has 8 heteroatoms. The molecule has 2 aromatic heterocycles. The minimum absolute atomic E-state index is 0.0370. The molecular formula is C25H23FN4O2S.